The minimum atomic E-state index is -3.19. The number of terminal acetylenes is 1. The van der Waals surface area contributed by atoms with E-state index in [9.17, 15) is 13.2 Å². The van der Waals surface area contributed by atoms with Crippen LogP contribution in [-0.4, -0.2) is 66.4 Å². The third-order valence-electron chi connectivity index (χ3n) is 22.7. The van der Waals surface area contributed by atoms with Crippen LogP contribution >= 0.6 is 0 Å². The molecule has 0 aliphatic carbocycles. The number of carbonyl (C=O) groups is 1. The highest BCUT2D eigenvalue weighted by atomic mass is 32.2. The fourth-order valence-electron chi connectivity index (χ4n) is 15.0. The average molecular weight is 1920 g/mol. The van der Waals surface area contributed by atoms with Crippen LogP contribution in [-0.2, 0) is 52.5 Å². The van der Waals surface area contributed by atoms with Crippen molar-refractivity contribution in [2.75, 3.05) is 13.3 Å². The number of likely N-dealkylation sites (N-methyl/N-ethyl adjacent to an activating group) is 1. The van der Waals surface area contributed by atoms with Gasteiger partial charge in [0.15, 0.2) is 9.84 Å². The predicted octanol–water partition coefficient (Wildman–Crippen LogP) is 31.6. The van der Waals surface area contributed by atoms with Crippen LogP contribution in [0.3, 0.4) is 0 Å². The monoisotopic (exact) mass is 1920 g/mol. The average Bonchev–Trinajstić information content (AvgIpc) is 0.752. The van der Waals surface area contributed by atoms with Crippen LogP contribution in [0, 0.1) is 12.3 Å². The number of carbonyl (C=O) groups excluding carboxylic acids is 1. The fraction of sp³-hybridized carbons (Fsp3) is 0.535. The molecule has 0 aliphatic rings. The van der Waals surface area contributed by atoms with Gasteiger partial charge in [-0.2, -0.15) is 0 Å². The van der Waals surface area contributed by atoms with Gasteiger partial charge >= 0.3 is 0 Å². The van der Waals surface area contributed by atoms with Crippen molar-refractivity contribution in [1.82, 2.24) is 42.5 Å². The number of sulfone groups is 1. The van der Waals surface area contributed by atoms with Crippen LogP contribution in [0.2, 0.25) is 0 Å². The highest BCUT2D eigenvalue weighted by molar-refractivity contribution is 7.90. The second kappa shape index (κ2) is 52.1. The first-order valence-electron chi connectivity index (χ1n) is 50.5. The first kappa shape index (κ1) is 126. The van der Waals surface area contributed by atoms with Gasteiger partial charge in [-0.3, -0.25) is 15.4 Å². The van der Waals surface area contributed by atoms with Gasteiger partial charge in [0.05, 0.1) is 41.1 Å². The largest absolute Gasteiger partial charge is 0.358 e. The minimum absolute atomic E-state index is 0.00220. The van der Waals surface area contributed by atoms with Crippen molar-refractivity contribution >= 4 is 15.7 Å². The standard InChI is InChI=1S/C22H31NO2S.3C18H29N.C17H28N2O.C17H27N.C17H25N/c1-21(2,3)18-12-8-16(9-13-18)20(23-22(4,5)6)17-10-14-19(15-11-17)26(7,24)25;1-13(2)16(19-18(6,7)8)14-9-11-15(12-10-14)17(3,4)5;2*1-8-9-16(19-18(5,6)7)14-10-12-15(13-11-14)17(2,3)4;1-16(2,3)13-10-8-12(9-11-13)14(15(20)18-7)19-17(4,5)6;2*1-8-15(18-17(5,6)7)13-9-11-14(12-10-13)16(2,3)4/h8-15,20,23H,1-7H3;9-12,16,19H,1H2,2-8H3;2*8-13,16,19H,1-7H3;8-11,14,19H,1-7H3,(H,18,20);8-12,15,18H,1H2,2-7H3;1,9-12,15,18H,2-7H3/b;;9-8+;9-8-;;;/t20-;3*16-;14-;2*15-/m1000100/s1. The molecule has 0 heterocycles. The summed E-state index contributed by atoms with van der Waals surface area (Å²) in [5, 5.41) is 27.7. The van der Waals surface area contributed by atoms with Crippen LogP contribution in [0.25, 0.3) is 0 Å². The molecule has 0 unspecified atom stereocenters. The maximum absolute atomic E-state index is 12.1. The first-order chi connectivity index (χ1) is 62.8. The molecule has 0 saturated heterocycles. The number of allylic oxidation sites excluding steroid dienone is 2. The summed E-state index contributed by atoms with van der Waals surface area (Å²) < 4.78 is 23.5. The molecule has 139 heavy (non-hydrogen) atoms. The van der Waals surface area contributed by atoms with E-state index in [1.54, 1.807) is 19.2 Å². The summed E-state index contributed by atoms with van der Waals surface area (Å²) in [6.07, 6.45) is 17.5. The third-order valence-corrected chi connectivity index (χ3v) is 23.9. The molecule has 770 valence electrons. The normalized spacial score (nSPS) is 14.4. The van der Waals surface area contributed by atoms with Gasteiger partial charge in [0, 0.05) is 52.1 Å². The Hall–Kier alpha value is -8.58. The van der Waals surface area contributed by atoms with E-state index in [1.165, 1.54) is 73.0 Å². The zero-order valence-electron chi connectivity index (χ0n) is 96.5. The molecule has 0 aromatic heterocycles. The Kier molecular flexibility index (Phi) is 47.4. The molecule has 0 bridgehead atoms. The van der Waals surface area contributed by atoms with Crippen molar-refractivity contribution in [3.05, 3.63) is 327 Å². The van der Waals surface area contributed by atoms with Gasteiger partial charge in [-0.25, -0.2) is 8.42 Å². The first-order valence-corrected chi connectivity index (χ1v) is 52.4. The van der Waals surface area contributed by atoms with E-state index < -0.39 is 9.84 Å². The van der Waals surface area contributed by atoms with E-state index in [4.69, 9.17) is 6.42 Å². The van der Waals surface area contributed by atoms with Gasteiger partial charge in [-0.1, -0.05) is 376 Å². The molecule has 0 spiro atoms. The smallest absolute Gasteiger partial charge is 0.241 e. The van der Waals surface area contributed by atoms with Crippen molar-refractivity contribution in [2.24, 2.45) is 0 Å². The lowest BCUT2D eigenvalue weighted by atomic mass is 9.85. The van der Waals surface area contributed by atoms with Gasteiger partial charge < -0.3 is 31.9 Å². The summed E-state index contributed by atoms with van der Waals surface area (Å²) in [4.78, 5) is 12.4. The SMILES string of the molecule is C#C[C@H](NC(C)(C)C)c1ccc(C(C)(C)C)cc1.C/C=C/[C@H](NC(C)(C)C)c1ccc(C(C)(C)C)cc1.C/C=C\[C@H](NC(C)(C)C)c1ccc(C(C)(C)C)cc1.C=C(C)[C@H](NC(C)(C)C)c1ccc(C(C)(C)C)cc1.C=C[C@H](NC(C)(C)C)c1ccc(C(C)(C)C)cc1.CC(C)(C)N[C@H](c1ccc(C(C)(C)C)cc1)c1ccc(S(C)(=O)=O)cc1.CNC(=O)[C@H](NC(C)(C)C)c1ccc(C(C)(C)C)cc1. The Balaban J connectivity index is 0.000000550. The lowest BCUT2D eigenvalue weighted by molar-refractivity contribution is -0.123. The molecule has 0 saturated carbocycles. The summed E-state index contributed by atoms with van der Waals surface area (Å²) in [6.45, 7) is 106. The molecule has 8 aromatic carbocycles. The molecule has 12 heteroatoms. The number of nitrogens with one attached hydrogen (secondary N) is 8. The van der Waals surface area contributed by atoms with Crippen molar-refractivity contribution in [2.45, 2.75) is 435 Å². The number of amides is 1. The second-order valence-electron chi connectivity index (χ2n) is 52.3. The van der Waals surface area contributed by atoms with Crippen LogP contribution < -0.4 is 42.5 Å². The number of hydrogen-bond donors (Lipinski definition) is 8. The van der Waals surface area contributed by atoms with Crippen molar-refractivity contribution in [1.29, 1.82) is 0 Å². The molecule has 8 rings (SSSR count). The highest BCUT2D eigenvalue weighted by Crippen LogP contribution is 2.36. The zero-order valence-corrected chi connectivity index (χ0v) is 97.3. The molecule has 0 fully saturated rings. The number of benzene rings is 8. The summed E-state index contributed by atoms with van der Waals surface area (Å²) in [6, 6.07) is 69.1. The molecule has 0 aliphatic heterocycles. The van der Waals surface area contributed by atoms with E-state index in [1.807, 2.05) is 30.3 Å². The number of hydrogen-bond acceptors (Lipinski definition) is 10. The van der Waals surface area contributed by atoms with Gasteiger partial charge in [0.1, 0.15) is 6.04 Å². The molecule has 7 atom stereocenters. The molecule has 0 radical (unpaired) electrons. The Bertz CT molecular complexity index is 5110. The zero-order chi connectivity index (χ0) is 107. The molecular formula is C127H198N8O3S. The van der Waals surface area contributed by atoms with Crippen LogP contribution in [0.4, 0.5) is 0 Å². The van der Waals surface area contributed by atoms with E-state index in [0.717, 1.165) is 22.3 Å². The predicted molar refractivity (Wildman–Crippen MR) is 612 cm³/mol. The Morgan fingerprint density at radius 2 is 0.511 bits per heavy atom. The topological polar surface area (TPSA) is 147 Å². The van der Waals surface area contributed by atoms with Gasteiger partial charge in [0.2, 0.25) is 5.91 Å². The highest BCUT2D eigenvalue weighted by Gasteiger charge is 2.30. The molecule has 8 aromatic rings. The van der Waals surface area contributed by atoms with Crippen LogP contribution in [0.15, 0.2) is 248 Å². The number of rotatable bonds is 21. The van der Waals surface area contributed by atoms with Gasteiger partial charge in [-0.15, -0.1) is 13.0 Å². The Morgan fingerprint density at radius 3 is 0.719 bits per heavy atom. The summed E-state index contributed by atoms with van der Waals surface area (Å²) in [5.41, 5.74) is 21.5. The second-order valence-corrected chi connectivity index (χ2v) is 54.3. The van der Waals surface area contributed by atoms with Gasteiger partial charge in [0.25, 0.3) is 0 Å². The molecule has 11 nitrogen and oxygen atoms in total. The van der Waals surface area contributed by atoms with E-state index in [-0.39, 0.29) is 125 Å². The van der Waals surface area contributed by atoms with Crippen LogP contribution in [0.5, 0.6) is 0 Å². The summed E-state index contributed by atoms with van der Waals surface area (Å²) in [7, 11) is -1.52. The van der Waals surface area contributed by atoms with Crippen LogP contribution in [0.1, 0.15) is 437 Å². The molecule has 8 N–H and O–H groups in total. The van der Waals surface area contributed by atoms with E-state index >= 15 is 0 Å². The van der Waals surface area contributed by atoms with Crippen molar-refractivity contribution in [3.63, 3.8) is 0 Å². The van der Waals surface area contributed by atoms with Crippen molar-refractivity contribution in [3.8, 4) is 12.3 Å². The summed E-state index contributed by atoms with van der Waals surface area (Å²) in [5.74, 6) is 2.81. The Labute approximate surface area is 853 Å². The lowest BCUT2D eigenvalue weighted by Crippen LogP contribution is -2.45. The lowest BCUT2D eigenvalue weighted by Gasteiger charge is -2.30. The Morgan fingerprint density at radius 1 is 0.302 bits per heavy atom. The maximum Gasteiger partial charge on any atom is 0.241 e. The van der Waals surface area contributed by atoms with Crippen molar-refractivity contribution < 1.29 is 13.2 Å². The maximum atomic E-state index is 12.1. The van der Waals surface area contributed by atoms with E-state index in [2.05, 4.69) is 555 Å². The molecule has 1 amide bonds. The van der Waals surface area contributed by atoms with E-state index in [0.29, 0.717) is 4.90 Å². The fourth-order valence-corrected chi connectivity index (χ4v) is 15.6. The summed E-state index contributed by atoms with van der Waals surface area (Å²) >= 11 is 0. The quantitative estimate of drug-likeness (QED) is 0.0258. The minimum Gasteiger partial charge on any atom is -0.358 e. The van der Waals surface area contributed by atoms with Gasteiger partial charge in [-0.05, 0) is 300 Å². The molecular weight excluding hydrogens is 1720 g/mol. The third kappa shape index (κ3) is 49.3.